The van der Waals surface area contributed by atoms with Crippen LogP contribution in [0.1, 0.15) is 25.0 Å². The number of nitrogens with zero attached hydrogens (tertiary/aromatic N) is 1. The van der Waals surface area contributed by atoms with Crippen LogP contribution < -0.4 is 5.32 Å². The van der Waals surface area contributed by atoms with Crippen molar-refractivity contribution in [1.82, 2.24) is 9.62 Å². The standard InChI is InChI=1S/C15H21FN2O5S/c1-10-4-5-13(8-14(10)16)9-24(22,23)18(11(2)15(20)21)7-6-17-12(3)19/h4-5,8,11H,6-7,9H2,1-3H3,(H,17,19)(H,20,21). The molecule has 0 aromatic heterocycles. The maximum absolute atomic E-state index is 13.6. The van der Waals surface area contributed by atoms with Crippen LogP contribution in [0.2, 0.25) is 0 Å². The third-order valence-corrected chi connectivity index (χ3v) is 5.35. The average molecular weight is 360 g/mol. The maximum Gasteiger partial charge on any atom is 0.321 e. The van der Waals surface area contributed by atoms with Gasteiger partial charge >= 0.3 is 5.97 Å². The fourth-order valence-corrected chi connectivity index (χ4v) is 3.77. The molecule has 1 aromatic carbocycles. The monoisotopic (exact) mass is 360 g/mol. The summed E-state index contributed by atoms with van der Waals surface area (Å²) in [6.07, 6.45) is 0. The van der Waals surface area contributed by atoms with Gasteiger partial charge in [0.1, 0.15) is 11.9 Å². The summed E-state index contributed by atoms with van der Waals surface area (Å²) >= 11 is 0. The summed E-state index contributed by atoms with van der Waals surface area (Å²) in [5.74, 6) is -2.71. The number of hydrogen-bond acceptors (Lipinski definition) is 4. The molecule has 0 heterocycles. The van der Waals surface area contributed by atoms with Crippen LogP contribution in [0.4, 0.5) is 4.39 Å². The van der Waals surface area contributed by atoms with Crippen LogP contribution in [0.5, 0.6) is 0 Å². The van der Waals surface area contributed by atoms with Gasteiger partial charge < -0.3 is 10.4 Å². The van der Waals surface area contributed by atoms with E-state index >= 15 is 0 Å². The number of nitrogens with one attached hydrogen (secondary N) is 1. The lowest BCUT2D eigenvalue weighted by molar-refractivity contribution is -0.140. The van der Waals surface area contributed by atoms with Crippen LogP contribution in [-0.4, -0.2) is 48.8 Å². The number of carbonyl (C=O) groups excluding carboxylic acids is 1. The van der Waals surface area contributed by atoms with E-state index in [0.717, 1.165) is 10.4 Å². The number of carbonyl (C=O) groups is 2. The van der Waals surface area contributed by atoms with Crippen molar-refractivity contribution in [3.8, 4) is 0 Å². The van der Waals surface area contributed by atoms with Crippen molar-refractivity contribution in [2.75, 3.05) is 13.1 Å². The normalized spacial score (nSPS) is 12.9. The van der Waals surface area contributed by atoms with E-state index in [9.17, 15) is 22.4 Å². The number of carboxylic acid groups (broad SMARTS) is 1. The molecule has 0 aliphatic heterocycles. The Balaban J connectivity index is 3.01. The van der Waals surface area contributed by atoms with Gasteiger partial charge in [0.15, 0.2) is 0 Å². The Morgan fingerprint density at radius 1 is 1.38 bits per heavy atom. The number of aryl methyl sites for hydroxylation is 1. The van der Waals surface area contributed by atoms with Crippen molar-refractivity contribution in [2.45, 2.75) is 32.6 Å². The lowest BCUT2D eigenvalue weighted by atomic mass is 10.2. The fraction of sp³-hybridized carbons (Fsp3) is 0.467. The Morgan fingerprint density at radius 2 is 2.00 bits per heavy atom. The minimum absolute atomic E-state index is 0.0194. The molecule has 0 saturated carbocycles. The lowest BCUT2D eigenvalue weighted by Gasteiger charge is -2.25. The molecule has 7 nitrogen and oxygen atoms in total. The number of halogens is 1. The molecule has 134 valence electrons. The zero-order chi connectivity index (χ0) is 18.5. The molecule has 0 saturated heterocycles. The van der Waals surface area contributed by atoms with Gasteiger partial charge in [-0.25, -0.2) is 12.8 Å². The second kappa shape index (κ2) is 8.20. The predicted molar refractivity (Wildman–Crippen MR) is 86.2 cm³/mol. The van der Waals surface area contributed by atoms with E-state index < -0.39 is 33.6 Å². The SMILES string of the molecule is CC(=O)NCCN(C(C)C(=O)O)S(=O)(=O)Cc1ccc(C)c(F)c1. The van der Waals surface area contributed by atoms with Crippen LogP contribution in [0, 0.1) is 12.7 Å². The molecule has 0 bridgehead atoms. The number of amides is 1. The Morgan fingerprint density at radius 3 is 2.50 bits per heavy atom. The minimum atomic E-state index is -4.01. The number of aliphatic carboxylic acids is 1. The number of hydrogen-bond donors (Lipinski definition) is 2. The van der Waals surface area contributed by atoms with E-state index in [-0.39, 0.29) is 24.6 Å². The summed E-state index contributed by atoms with van der Waals surface area (Å²) in [6, 6.07) is 2.75. The molecule has 1 unspecified atom stereocenters. The summed E-state index contributed by atoms with van der Waals surface area (Å²) in [7, 11) is -4.01. The molecule has 0 spiro atoms. The Kier molecular flexibility index (Phi) is 6.85. The largest absolute Gasteiger partial charge is 0.480 e. The summed E-state index contributed by atoms with van der Waals surface area (Å²) < 4.78 is 39.5. The van der Waals surface area contributed by atoms with Crippen LogP contribution in [0.3, 0.4) is 0 Å². The molecule has 1 amide bonds. The summed E-state index contributed by atoms with van der Waals surface area (Å²) in [5.41, 5.74) is 0.609. The zero-order valence-corrected chi connectivity index (χ0v) is 14.6. The van der Waals surface area contributed by atoms with Gasteiger partial charge in [-0.15, -0.1) is 0 Å². The van der Waals surface area contributed by atoms with E-state index in [2.05, 4.69) is 5.32 Å². The molecule has 9 heteroatoms. The van der Waals surface area contributed by atoms with Crippen molar-refractivity contribution in [1.29, 1.82) is 0 Å². The highest BCUT2D eigenvalue weighted by Gasteiger charge is 2.31. The highest BCUT2D eigenvalue weighted by molar-refractivity contribution is 7.88. The first kappa shape index (κ1) is 20.0. The third-order valence-electron chi connectivity index (χ3n) is 3.44. The molecule has 0 aliphatic carbocycles. The number of carboxylic acids is 1. The Hall–Kier alpha value is -2.00. The van der Waals surface area contributed by atoms with E-state index in [4.69, 9.17) is 5.11 Å². The molecular formula is C15H21FN2O5S. The van der Waals surface area contributed by atoms with Gasteiger partial charge in [0.25, 0.3) is 0 Å². The molecule has 1 atom stereocenters. The molecule has 0 radical (unpaired) electrons. The molecule has 24 heavy (non-hydrogen) atoms. The van der Waals surface area contributed by atoms with Gasteiger partial charge in [-0.05, 0) is 31.0 Å². The van der Waals surface area contributed by atoms with Crippen LogP contribution >= 0.6 is 0 Å². The zero-order valence-electron chi connectivity index (χ0n) is 13.7. The van der Waals surface area contributed by atoms with Crippen molar-refractivity contribution < 1.29 is 27.5 Å². The Bertz CT molecular complexity index is 721. The number of sulfonamides is 1. The smallest absolute Gasteiger partial charge is 0.321 e. The van der Waals surface area contributed by atoms with Crippen molar-refractivity contribution >= 4 is 21.9 Å². The summed E-state index contributed by atoms with van der Waals surface area (Å²) in [5, 5.41) is 11.5. The van der Waals surface area contributed by atoms with Gasteiger partial charge in [-0.2, -0.15) is 4.31 Å². The minimum Gasteiger partial charge on any atom is -0.480 e. The highest BCUT2D eigenvalue weighted by Crippen LogP contribution is 2.16. The van der Waals surface area contributed by atoms with Crippen LogP contribution in [0.25, 0.3) is 0 Å². The van der Waals surface area contributed by atoms with Crippen LogP contribution in [-0.2, 0) is 25.4 Å². The maximum atomic E-state index is 13.6. The number of rotatable bonds is 8. The quantitative estimate of drug-likeness (QED) is 0.716. The average Bonchev–Trinajstić information content (AvgIpc) is 2.46. The van der Waals surface area contributed by atoms with E-state index in [1.165, 1.54) is 26.0 Å². The van der Waals surface area contributed by atoms with Crippen molar-refractivity contribution in [3.63, 3.8) is 0 Å². The molecule has 0 fully saturated rings. The van der Waals surface area contributed by atoms with Crippen LogP contribution in [0.15, 0.2) is 18.2 Å². The van der Waals surface area contributed by atoms with E-state index in [1.807, 2.05) is 0 Å². The topological polar surface area (TPSA) is 104 Å². The molecule has 2 N–H and O–H groups in total. The van der Waals surface area contributed by atoms with Gasteiger partial charge in [-0.1, -0.05) is 12.1 Å². The van der Waals surface area contributed by atoms with E-state index in [0.29, 0.717) is 5.56 Å². The summed E-state index contributed by atoms with van der Waals surface area (Å²) in [6.45, 7) is 3.86. The van der Waals surface area contributed by atoms with Gasteiger partial charge in [-0.3, -0.25) is 9.59 Å². The fourth-order valence-electron chi connectivity index (χ4n) is 2.06. The molecule has 0 aliphatic rings. The highest BCUT2D eigenvalue weighted by atomic mass is 32.2. The second-order valence-corrected chi connectivity index (χ2v) is 7.37. The van der Waals surface area contributed by atoms with Crippen molar-refractivity contribution in [3.05, 3.63) is 35.1 Å². The first-order valence-corrected chi connectivity index (χ1v) is 8.87. The first-order chi connectivity index (χ1) is 11.0. The molecule has 1 rings (SSSR count). The van der Waals surface area contributed by atoms with Gasteiger partial charge in [0.05, 0.1) is 5.75 Å². The lowest BCUT2D eigenvalue weighted by Crippen LogP contribution is -2.47. The second-order valence-electron chi connectivity index (χ2n) is 5.45. The van der Waals surface area contributed by atoms with E-state index in [1.54, 1.807) is 6.92 Å². The van der Waals surface area contributed by atoms with Gasteiger partial charge in [0, 0.05) is 20.0 Å². The summed E-state index contributed by atoms with van der Waals surface area (Å²) in [4.78, 5) is 22.1. The molecule has 1 aromatic rings. The predicted octanol–water partition coefficient (Wildman–Crippen LogP) is 0.875. The third kappa shape index (κ3) is 5.57. The van der Waals surface area contributed by atoms with Crippen molar-refractivity contribution in [2.24, 2.45) is 0 Å². The molecular weight excluding hydrogens is 339 g/mol. The Labute approximate surface area is 140 Å². The van der Waals surface area contributed by atoms with Gasteiger partial charge in [0.2, 0.25) is 15.9 Å². The number of benzene rings is 1. The first-order valence-electron chi connectivity index (χ1n) is 7.26.